The first-order valence-electron chi connectivity index (χ1n) is 10.4. The highest BCUT2D eigenvalue weighted by atomic mass is 79.9. The molecule has 1 amide bonds. The second-order valence-corrected chi connectivity index (χ2v) is 8.55. The number of benzene rings is 2. The van der Waals surface area contributed by atoms with Gasteiger partial charge in [0.2, 0.25) is 5.91 Å². The Morgan fingerprint density at radius 2 is 1.43 bits per heavy atom. The Bertz CT molecular complexity index is 763. The first-order valence-corrected chi connectivity index (χ1v) is 11.1. The van der Waals surface area contributed by atoms with Gasteiger partial charge in [-0.2, -0.15) is 0 Å². The van der Waals surface area contributed by atoms with Crippen molar-refractivity contribution in [2.45, 2.75) is 25.8 Å². The molecule has 2 aromatic carbocycles. The van der Waals surface area contributed by atoms with Crippen LogP contribution in [0.1, 0.15) is 36.9 Å². The van der Waals surface area contributed by atoms with Crippen molar-refractivity contribution in [3.8, 4) is 0 Å². The van der Waals surface area contributed by atoms with Crippen LogP contribution >= 0.6 is 16.1 Å². The van der Waals surface area contributed by atoms with Gasteiger partial charge < -0.3 is 4.90 Å². The van der Waals surface area contributed by atoms with Gasteiger partial charge in [-0.15, -0.1) is 0 Å². The highest BCUT2D eigenvalue weighted by molar-refractivity contribution is 9.07. The molecule has 1 fully saturated rings. The minimum atomic E-state index is -0.256. The smallest absolute Gasteiger partial charge is 0.229 e. The molecule has 0 bridgehead atoms. The Balaban J connectivity index is 1.59. The SMILES string of the molecule is CC(=O)N(Br)CCCCN1CCN(C(c2ccc(F)cc2)c2ccc(F)cc2)CC1. The number of piperazine rings is 1. The minimum absolute atomic E-state index is 0.0223. The van der Waals surface area contributed by atoms with E-state index in [9.17, 15) is 13.6 Å². The Kier molecular flexibility index (Phi) is 8.36. The van der Waals surface area contributed by atoms with Crippen LogP contribution in [-0.2, 0) is 4.79 Å². The first kappa shape index (κ1) is 22.8. The molecule has 4 nitrogen and oxygen atoms in total. The summed E-state index contributed by atoms with van der Waals surface area (Å²) < 4.78 is 28.5. The molecule has 0 saturated carbocycles. The summed E-state index contributed by atoms with van der Waals surface area (Å²) in [5.41, 5.74) is 2.02. The summed E-state index contributed by atoms with van der Waals surface area (Å²) in [4.78, 5) is 16.1. The van der Waals surface area contributed by atoms with E-state index in [0.717, 1.165) is 56.7 Å². The van der Waals surface area contributed by atoms with Gasteiger partial charge in [-0.05, 0) is 54.8 Å². The zero-order valence-corrected chi connectivity index (χ0v) is 18.8. The van der Waals surface area contributed by atoms with E-state index in [1.165, 1.54) is 24.3 Å². The largest absolute Gasteiger partial charge is 0.301 e. The molecular weight excluding hydrogens is 452 g/mol. The van der Waals surface area contributed by atoms with Gasteiger partial charge in [-0.25, -0.2) is 8.78 Å². The first-order chi connectivity index (χ1) is 14.4. The average Bonchev–Trinajstić information content (AvgIpc) is 2.75. The van der Waals surface area contributed by atoms with Crippen LogP contribution in [0.2, 0.25) is 0 Å². The lowest BCUT2D eigenvalue weighted by molar-refractivity contribution is -0.123. The Morgan fingerprint density at radius 3 is 1.90 bits per heavy atom. The van der Waals surface area contributed by atoms with Crippen LogP contribution < -0.4 is 0 Å². The fourth-order valence-corrected chi connectivity index (χ4v) is 4.14. The Labute approximate surface area is 185 Å². The predicted molar refractivity (Wildman–Crippen MR) is 118 cm³/mol. The van der Waals surface area contributed by atoms with Gasteiger partial charge in [0, 0.05) is 39.6 Å². The van der Waals surface area contributed by atoms with Gasteiger partial charge in [0.1, 0.15) is 11.6 Å². The molecule has 1 saturated heterocycles. The number of carbonyl (C=O) groups excluding carboxylic acids is 1. The van der Waals surface area contributed by atoms with E-state index < -0.39 is 0 Å². The minimum Gasteiger partial charge on any atom is -0.301 e. The van der Waals surface area contributed by atoms with E-state index in [1.54, 1.807) is 10.8 Å². The second-order valence-electron chi connectivity index (χ2n) is 7.70. The molecule has 0 aliphatic carbocycles. The lowest BCUT2D eigenvalue weighted by atomic mass is 9.96. The summed E-state index contributed by atoms with van der Waals surface area (Å²) in [6.07, 6.45) is 1.99. The van der Waals surface area contributed by atoms with Crippen molar-refractivity contribution in [3.05, 3.63) is 71.3 Å². The number of carbonyl (C=O) groups is 1. The maximum absolute atomic E-state index is 13.4. The van der Waals surface area contributed by atoms with Crippen molar-refractivity contribution >= 4 is 22.1 Å². The molecule has 0 N–H and O–H groups in total. The molecule has 0 spiro atoms. The van der Waals surface area contributed by atoms with Crippen molar-refractivity contribution in [2.24, 2.45) is 0 Å². The van der Waals surface area contributed by atoms with Gasteiger partial charge in [0.05, 0.1) is 22.2 Å². The van der Waals surface area contributed by atoms with Crippen LogP contribution in [-0.4, -0.2) is 58.9 Å². The van der Waals surface area contributed by atoms with Gasteiger partial charge in [0.15, 0.2) is 0 Å². The molecule has 7 heteroatoms. The van der Waals surface area contributed by atoms with Crippen LogP contribution in [0.15, 0.2) is 48.5 Å². The quantitative estimate of drug-likeness (QED) is 0.408. The highest BCUT2D eigenvalue weighted by Crippen LogP contribution is 2.30. The highest BCUT2D eigenvalue weighted by Gasteiger charge is 2.26. The zero-order chi connectivity index (χ0) is 21.5. The molecule has 1 heterocycles. The van der Waals surface area contributed by atoms with E-state index in [-0.39, 0.29) is 23.6 Å². The number of rotatable bonds is 8. The number of unbranched alkanes of at least 4 members (excludes halogenated alkanes) is 1. The van der Waals surface area contributed by atoms with Crippen LogP contribution in [0.25, 0.3) is 0 Å². The van der Waals surface area contributed by atoms with Crippen molar-refractivity contribution in [1.82, 2.24) is 13.7 Å². The number of amides is 1. The normalized spacial score (nSPS) is 15.5. The van der Waals surface area contributed by atoms with Crippen LogP contribution in [0.5, 0.6) is 0 Å². The Hall–Kier alpha value is -1.83. The lowest BCUT2D eigenvalue weighted by Crippen LogP contribution is -2.48. The summed E-state index contributed by atoms with van der Waals surface area (Å²) >= 11 is 3.26. The molecule has 162 valence electrons. The van der Waals surface area contributed by atoms with Gasteiger partial charge in [-0.1, -0.05) is 24.3 Å². The topological polar surface area (TPSA) is 26.8 Å². The van der Waals surface area contributed by atoms with Crippen molar-refractivity contribution in [2.75, 3.05) is 39.3 Å². The summed E-state index contributed by atoms with van der Waals surface area (Å²) in [6.45, 7) is 6.94. The maximum Gasteiger partial charge on any atom is 0.229 e. The second kappa shape index (κ2) is 11.0. The van der Waals surface area contributed by atoms with Crippen LogP contribution in [0.3, 0.4) is 0 Å². The molecule has 1 aliphatic heterocycles. The molecule has 0 aromatic heterocycles. The van der Waals surface area contributed by atoms with E-state index in [4.69, 9.17) is 0 Å². The number of hydrogen-bond acceptors (Lipinski definition) is 3. The van der Waals surface area contributed by atoms with E-state index in [0.29, 0.717) is 6.54 Å². The molecule has 30 heavy (non-hydrogen) atoms. The summed E-state index contributed by atoms with van der Waals surface area (Å²) in [5.74, 6) is -0.488. The standard InChI is InChI=1S/C23H28BrF2N3O/c1-18(30)29(24)13-3-2-12-27-14-16-28(17-15-27)23(19-4-8-21(25)9-5-19)20-6-10-22(26)11-7-20/h4-11,23H,2-3,12-17H2,1H3. The van der Waals surface area contributed by atoms with Crippen LogP contribution in [0.4, 0.5) is 8.78 Å². The third-order valence-electron chi connectivity index (χ3n) is 5.56. The van der Waals surface area contributed by atoms with E-state index in [2.05, 4.69) is 25.9 Å². The molecule has 0 radical (unpaired) electrons. The van der Waals surface area contributed by atoms with Gasteiger partial charge in [-0.3, -0.25) is 13.6 Å². The lowest BCUT2D eigenvalue weighted by Gasteiger charge is -2.40. The monoisotopic (exact) mass is 479 g/mol. The fourth-order valence-electron chi connectivity index (χ4n) is 3.89. The third kappa shape index (κ3) is 6.33. The van der Waals surface area contributed by atoms with Crippen LogP contribution in [0, 0.1) is 11.6 Å². The molecule has 3 rings (SSSR count). The average molecular weight is 480 g/mol. The fraction of sp³-hybridized carbons (Fsp3) is 0.435. The summed E-state index contributed by atoms with van der Waals surface area (Å²) in [7, 11) is 0. The molecule has 0 unspecified atom stereocenters. The maximum atomic E-state index is 13.4. The van der Waals surface area contributed by atoms with Crippen molar-refractivity contribution in [1.29, 1.82) is 0 Å². The Morgan fingerprint density at radius 1 is 0.933 bits per heavy atom. The van der Waals surface area contributed by atoms with Crippen molar-refractivity contribution < 1.29 is 13.6 Å². The molecular formula is C23H28BrF2N3O. The summed E-state index contributed by atoms with van der Waals surface area (Å²) in [5, 5.41) is 0. The summed E-state index contributed by atoms with van der Waals surface area (Å²) in [6, 6.07) is 13.2. The number of nitrogens with zero attached hydrogens (tertiary/aromatic N) is 3. The number of halogens is 3. The molecule has 1 aliphatic rings. The van der Waals surface area contributed by atoms with E-state index in [1.807, 2.05) is 24.3 Å². The van der Waals surface area contributed by atoms with Gasteiger partial charge in [0.25, 0.3) is 0 Å². The third-order valence-corrected chi connectivity index (χ3v) is 6.42. The molecule has 2 aromatic rings. The zero-order valence-electron chi connectivity index (χ0n) is 17.2. The van der Waals surface area contributed by atoms with Crippen molar-refractivity contribution in [3.63, 3.8) is 0 Å². The van der Waals surface area contributed by atoms with Gasteiger partial charge >= 0.3 is 0 Å². The predicted octanol–water partition coefficient (Wildman–Crippen LogP) is 4.61. The number of hydrogen-bond donors (Lipinski definition) is 0. The van der Waals surface area contributed by atoms with E-state index >= 15 is 0 Å². The molecule has 0 atom stereocenters.